The molecule has 0 aromatic rings. The first-order chi connectivity index (χ1) is 6.19. The molecule has 0 saturated carbocycles. The van der Waals surface area contributed by atoms with E-state index in [1.165, 1.54) is 0 Å². The molecule has 2 N–H and O–H groups in total. The van der Waals surface area contributed by atoms with Gasteiger partial charge in [-0.25, -0.2) is 0 Å². The standard InChI is InChI=1S/C9H17NO3/c1-7-2-3-8(5-11)4-10(7)9(13)6-12/h7-8,11-12H,2-6H2,1H3. The number of hydrogen-bond donors (Lipinski definition) is 2. The lowest BCUT2D eigenvalue weighted by molar-refractivity contribution is -0.138. The van der Waals surface area contributed by atoms with E-state index in [-0.39, 0.29) is 24.5 Å². The van der Waals surface area contributed by atoms with Gasteiger partial charge in [0.05, 0.1) is 0 Å². The molecule has 1 aliphatic rings. The molecule has 0 aromatic carbocycles. The van der Waals surface area contributed by atoms with Crippen molar-refractivity contribution in [1.82, 2.24) is 4.90 Å². The van der Waals surface area contributed by atoms with Gasteiger partial charge in [0.2, 0.25) is 5.91 Å². The number of nitrogens with zero attached hydrogens (tertiary/aromatic N) is 1. The Labute approximate surface area is 78.2 Å². The van der Waals surface area contributed by atoms with Gasteiger partial charge >= 0.3 is 0 Å². The molecule has 2 unspecified atom stereocenters. The molecular weight excluding hydrogens is 170 g/mol. The molecule has 1 aliphatic heterocycles. The minimum absolute atomic E-state index is 0.127. The van der Waals surface area contributed by atoms with E-state index in [1.54, 1.807) is 4.90 Å². The molecule has 0 bridgehead atoms. The Balaban J connectivity index is 2.54. The molecule has 2 atom stereocenters. The summed E-state index contributed by atoms with van der Waals surface area (Å²) in [4.78, 5) is 12.9. The Bertz CT molecular complexity index is 184. The monoisotopic (exact) mass is 187 g/mol. The minimum atomic E-state index is -0.428. The predicted octanol–water partition coefficient (Wildman–Crippen LogP) is -0.402. The summed E-state index contributed by atoms with van der Waals surface area (Å²) >= 11 is 0. The van der Waals surface area contributed by atoms with Crippen LogP contribution in [0.2, 0.25) is 0 Å². The normalized spacial score (nSPS) is 29.0. The first kappa shape index (κ1) is 10.5. The maximum absolute atomic E-state index is 11.2. The summed E-state index contributed by atoms with van der Waals surface area (Å²) in [6.07, 6.45) is 1.88. The third kappa shape index (κ3) is 2.42. The Morgan fingerprint density at radius 3 is 2.69 bits per heavy atom. The van der Waals surface area contributed by atoms with Crippen LogP contribution in [0.1, 0.15) is 19.8 Å². The molecule has 76 valence electrons. The highest BCUT2D eigenvalue weighted by atomic mass is 16.3. The zero-order valence-electron chi connectivity index (χ0n) is 7.94. The van der Waals surface area contributed by atoms with Crippen molar-refractivity contribution in [2.75, 3.05) is 19.8 Å². The molecule has 0 aromatic heterocycles. The van der Waals surface area contributed by atoms with Crippen molar-refractivity contribution in [3.05, 3.63) is 0 Å². The largest absolute Gasteiger partial charge is 0.396 e. The van der Waals surface area contributed by atoms with E-state index >= 15 is 0 Å². The smallest absolute Gasteiger partial charge is 0.248 e. The van der Waals surface area contributed by atoms with Gasteiger partial charge in [-0.2, -0.15) is 0 Å². The quantitative estimate of drug-likeness (QED) is 0.618. The number of hydrogen-bond acceptors (Lipinski definition) is 3. The van der Waals surface area contributed by atoms with Crippen LogP contribution in [0.3, 0.4) is 0 Å². The molecule has 1 heterocycles. The lowest BCUT2D eigenvalue weighted by atomic mass is 9.94. The Kier molecular flexibility index (Phi) is 3.69. The van der Waals surface area contributed by atoms with Gasteiger partial charge < -0.3 is 15.1 Å². The summed E-state index contributed by atoms with van der Waals surface area (Å²) in [5, 5.41) is 17.7. The fourth-order valence-electron chi connectivity index (χ4n) is 1.77. The third-order valence-corrected chi connectivity index (χ3v) is 2.69. The van der Waals surface area contributed by atoms with Crippen molar-refractivity contribution in [1.29, 1.82) is 0 Å². The second kappa shape index (κ2) is 4.58. The summed E-state index contributed by atoms with van der Waals surface area (Å²) in [5.74, 6) is -0.0441. The van der Waals surface area contributed by atoms with Crippen LogP contribution < -0.4 is 0 Å². The minimum Gasteiger partial charge on any atom is -0.396 e. The number of aliphatic hydroxyl groups is 2. The van der Waals surface area contributed by atoms with Gasteiger partial charge in [0.1, 0.15) is 6.61 Å². The second-order valence-corrected chi connectivity index (χ2v) is 3.68. The summed E-state index contributed by atoms with van der Waals surface area (Å²) in [7, 11) is 0. The SMILES string of the molecule is CC1CCC(CO)CN1C(=O)CO. The Hall–Kier alpha value is -0.610. The lowest BCUT2D eigenvalue weighted by Crippen LogP contribution is -2.47. The molecule has 4 nitrogen and oxygen atoms in total. The number of aliphatic hydroxyl groups excluding tert-OH is 2. The van der Waals surface area contributed by atoms with E-state index in [0.717, 1.165) is 12.8 Å². The molecule has 13 heavy (non-hydrogen) atoms. The van der Waals surface area contributed by atoms with Crippen LogP contribution in [0.4, 0.5) is 0 Å². The number of amides is 1. The lowest BCUT2D eigenvalue weighted by Gasteiger charge is -2.37. The fraction of sp³-hybridized carbons (Fsp3) is 0.889. The number of piperidine rings is 1. The van der Waals surface area contributed by atoms with Crippen molar-refractivity contribution < 1.29 is 15.0 Å². The van der Waals surface area contributed by atoms with E-state index in [1.807, 2.05) is 6.92 Å². The van der Waals surface area contributed by atoms with Gasteiger partial charge in [0.25, 0.3) is 0 Å². The summed E-state index contributed by atoms with van der Waals surface area (Å²) < 4.78 is 0. The first-order valence-corrected chi connectivity index (χ1v) is 4.70. The predicted molar refractivity (Wildman–Crippen MR) is 48.1 cm³/mol. The van der Waals surface area contributed by atoms with E-state index < -0.39 is 6.61 Å². The molecule has 0 spiro atoms. The second-order valence-electron chi connectivity index (χ2n) is 3.68. The van der Waals surface area contributed by atoms with Gasteiger partial charge in [-0.3, -0.25) is 4.79 Å². The summed E-state index contributed by atoms with van der Waals surface area (Å²) in [5.41, 5.74) is 0. The van der Waals surface area contributed by atoms with Crippen molar-refractivity contribution >= 4 is 5.91 Å². The molecule has 4 heteroatoms. The van der Waals surface area contributed by atoms with Crippen LogP contribution >= 0.6 is 0 Å². The Morgan fingerprint density at radius 1 is 1.46 bits per heavy atom. The number of likely N-dealkylation sites (tertiary alicyclic amines) is 1. The molecule has 1 saturated heterocycles. The van der Waals surface area contributed by atoms with Gasteiger partial charge in [0.15, 0.2) is 0 Å². The van der Waals surface area contributed by atoms with Crippen molar-refractivity contribution in [3.63, 3.8) is 0 Å². The van der Waals surface area contributed by atoms with E-state index in [0.29, 0.717) is 6.54 Å². The number of carbonyl (C=O) groups is 1. The average molecular weight is 187 g/mol. The van der Waals surface area contributed by atoms with Crippen molar-refractivity contribution in [2.24, 2.45) is 5.92 Å². The van der Waals surface area contributed by atoms with Crippen LogP contribution in [0.25, 0.3) is 0 Å². The van der Waals surface area contributed by atoms with Gasteiger partial charge in [-0.1, -0.05) is 0 Å². The number of rotatable bonds is 2. The number of carbonyl (C=O) groups excluding carboxylic acids is 1. The average Bonchev–Trinajstić information content (AvgIpc) is 2.17. The zero-order chi connectivity index (χ0) is 9.84. The zero-order valence-corrected chi connectivity index (χ0v) is 7.94. The maximum Gasteiger partial charge on any atom is 0.248 e. The third-order valence-electron chi connectivity index (χ3n) is 2.69. The summed E-state index contributed by atoms with van der Waals surface area (Å²) in [6.45, 7) is 2.25. The van der Waals surface area contributed by atoms with Crippen LogP contribution in [0, 0.1) is 5.92 Å². The Morgan fingerprint density at radius 2 is 2.15 bits per heavy atom. The van der Waals surface area contributed by atoms with Crippen LogP contribution in [-0.4, -0.2) is 46.8 Å². The van der Waals surface area contributed by atoms with Crippen LogP contribution in [0.15, 0.2) is 0 Å². The summed E-state index contributed by atoms with van der Waals surface area (Å²) in [6, 6.07) is 0.197. The maximum atomic E-state index is 11.2. The van der Waals surface area contributed by atoms with Gasteiger partial charge in [0, 0.05) is 19.2 Å². The van der Waals surface area contributed by atoms with E-state index in [9.17, 15) is 4.79 Å². The molecule has 1 fully saturated rings. The molecular formula is C9H17NO3. The van der Waals surface area contributed by atoms with Crippen molar-refractivity contribution in [3.8, 4) is 0 Å². The van der Waals surface area contributed by atoms with Crippen molar-refractivity contribution in [2.45, 2.75) is 25.8 Å². The van der Waals surface area contributed by atoms with Crippen LogP contribution in [0.5, 0.6) is 0 Å². The molecule has 1 rings (SSSR count). The van der Waals surface area contributed by atoms with Gasteiger partial charge in [-0.05, 0) is 25.7 Å². The highest BCUT2D eigenvalue weighted by Crippen LogP contribution is 2.21. The highest BCUT2D eigenvalue weighted by molar-refractivity contribution is 5.77. The fourth-order valence-corrected chi connectivity index (χ4v) is 1.77. The van der Waals surface area contributed by atoms with Crippen LogP contribution in [-0.2, 0) is 4.79 Å². The molecule has 0 radical (unpaired) electrons. The first-order valence-electron chi connectivity index (χ1n) is 4.70. The van der Waals surface area contributed by atoms with E-state index in [4.69, 9.17) is 10.2 Å². The van der Waals surface area contributed by atoms with E-state index in [2.05, 4.69) is 0 Å². The van der Waals surface area contributed by atoms with Gasteiger partial charge in [-0.15, -0.1) is 0 Å². The topological polar surface area (TPSA) is 60.8 Å². The molecule has 0 aliphatic carbocycles. The highest BCUT2D eigenvalue weighted by Gasteiger charge is 2.27. The molecule has 1 amide bonds.